The molecule has 152 valence electrons. The molecule has 0 amide bonds. The van der Waals surface area contributed by atoms with Crippen molar-refractivity contribution in [2.75, 3.05) is 0 Å². The molecule has 2 heterocycles. The van der Waals surface area contributed by atoms with E-state index in [9.17, 15) is 20.1 Å². The second-order valence-corrected chi connectivity index (χ2v) is 8.78. The van der Waals surface area contributed by atoms with E-state index in [2.05, 4.69) is 6.58 Å². The standard InChI is InChI=1S/C23H24O6/c1-7-22(3,4)14-18(27)13-16(25)11-8-9-12(24)17(26)19(11)29-20(13)15-21(14)28-10(2)23(15,5)6/h7-10,24,26-27H,1H2,2-6H3/t10-/m0/s1. The van der Waals surface area contributed by atoms with Gasteiger partial charge in [0.2, 0.25) is 11.2 Å². The molecule has 0 saturated heterocycles. The van der Waals surface area contributed by atoms with E-state index in [0.29, 0.717) is 16.9 Å². The highest BCUT2D eigenvalue weighted by Gasteiger charge is 2.46. The maximum absolute atomic E-state index is 13.4. The van der Waals surface area contributed by atoms with E-state index in [-0.39, 0.29) is 33.8 Å². The maximum Gasteiger partial charge on any atom is 0.204 e. The summed E-state index contributed by atoms with van der Waals surface area (Å²) in [4.78, 5) is 13.4. The van der Waals surface area contributed by atoms with Crippen molar-refractivity contribution in [1.82, 2.24) is 0 Å². The highest BCUT2D eigenvalue weighted by atomic mass is 16.5. The third-order valence-corrected chi connectivity index (χ3v) is 6.28. The highest BCUT2D eigenvalue weighted by molar-refractivity contribution is 6.00. The van der Waals surface area contributed by atoms with Crippen molar-refractivity contribution in [1.29, 1.82) is 0 Å². The Morgan fingerprint density at radius 1 is 1.14 bits per heavy atom. The Morgan fingerprint density at radius 3 is 2.41 bits per heavy atom. The predicted molar refractivity (Wildman–Crippen MR) is 111 cm³/mol. The van der Waals surface area contributed by atoms with Crippen LogP contribution in [0.3, 0.4) is 0 Å². The summed E-state index contributed by atoms with van der Waals surface area (Å²) in [5, 5.41) is 31.4. The number of phenols is 3. The van der Waals surface area contributed by atoms with Crippen LogP contribution in [0.4, 0.5) is 0 Å². The van der Waals surface area contributed by atoms with E-state index < -0.39 is 27.8 Å². The van der Waals surface area contributed by atoms with Gasteiger partial charge in [0.15, 0.2) is 11.3 Å². The monoisotopic (exact) mass is 396 g/mol. The summed E-state index contributed by atoms with van der Waals surface area (Å²) in [5.41, 5.74) is -0.575. The van der Waals surface area contributed by atoms with Crippen LogP contribution in [0.5, 0.6) is 23.0 Å². The molecule has 1 atom stereocenters. The largest absolute Gasteiger partial charge is 0.507 e. The molecule has 0 spiro atoms. The van der Waals surface area contributed by atoms with Gasteiger partial charge >= 0.3 is 0 Å². The zero-order chi connectivity index (χ0) is 21.5. The minimum atomic E-state index is -0.680. The first-order chi connectivity index (χ1) is 13.4. The Morgan fingerprint density at radius 2 is 1.79 bits per heavy atom. The van der Waals surface area contributed by atoms with Crippen LogP contribution in [0.25, 0.3) is 21.9 Å². The Labute approximate surface area is 167 Å². The minimum absolute atomic E-state index is 0.0250. The molecule has 3 N–H and O–H groups in total. The molecule has 6 heteroatoms. The third kappa shape index (κ3) is 2.32. The first-order valence-electron chi connectivity index (χ1n) is 9.45. The van der Waals surface area contributed by atoms with Crippen molar-refractivity contribution in [2.24, 2.45) is 0 Å². The number of hydrogen-bond acceptors (Lipinski definition) is 6. The zero-order valence-electron chi connectivity index (χ0n) is 17.1. The molecular formula is C23H24O6. The summed E-state index contributed by atoms with van der Waals surface area (Å²) < 4.78 is 12.1. The molecule has 2 aromatic carbocycles. The molecule has 0 saturated carbocycles. The van der Waals surface area contributed by atoms with E-state index >= 15 is 0 Å². The summed E-state index contributed by atoms with van der Waals surface area (Å²) >= 11 is 0. The van der Waals surface area contributed by atoms with Crippen molar-refractivity contribution in [3.63, 3.8) is 0 Å². The average Bonchev–Trinajstić information content (AvgIpc) is 2.87. The lowest BCUT2D eigenvalue weighted by Crippen LogP contribution is -2.29. The van der Waals surface area contributed by atoms with Gasteiger partial charge < -0.3 is 24.5 Å². The minimum Gasteiger partial charge on any atom is -0.507 e. The summed E-state index contributed by atoms with van der Waals surface area (Å²) in [7, 11) is 0. The summed E-state index contributed by atoms with van der Waals surface area (Å²) in [6.45, 7) is 13.5. The summed E-state index contributed by atoms with van der Waals surface area (Å²) in [6, 6.07) is 2.58. The van der Waals surface area contributed by atoms with Crippen LogP contribution in [-0.4, -0.2) is 21.4 Å². The van der Waals surface area contributed by atoms with Crippen LogP contribution >= 0.6 is 0 Å². The van der Waals surface area contributed by atoms with Gasteiger partial charge in [-0.05, 0) is 19.1 Å². The van der Waals surface area contributed by atoms with Crippen molar-refractivity contribution >= 4 is 21.9 Å². The quantitative estimate of drug-likeness (QED) is 0.333. The number of ether oxygens (including phenoxy) is 1. The highest BCUT2D eigenvalue weighted by Crippen LogP contribution is 2.55. The third-order valence-electron chi connectivity index (χ3n) is 6.28. The van der Waals surface area contributed by atoms with Gasteiger partial charge in [0.1, 0.15) is 28.6 Å². The fourth-order valence-electron chi connectivity index (χ4n) is 4.02. The summed E-state index contributed by atoms with van der Waals surface area (Å²) in [6.07, 6.45) is 1.45. The zero-order valence-corrected chi connectivity index (χ0v) is 17.1. The maximum atomic E-state index is 13.4. The Balaban J connectivity index is 2.35. The molecule has 3 aromatic rings. The van der Waals surface area contributed by atoms with Gasteiger partial charge in [0.05, 0.1) is 5.39 Å². The van der Waals surface area contributed by atoms with Gasteiger partial charge in [-0.2, -0.15) is 0 Å². The number of phenolic OH excluding ortho intramolecular Hbond substituents is 3. The van der Waals surface area contributed by atoms with Gasteiger partial charge in [-0.15, -0.1) is 6.58 Å². The van der Waals surface area contributed by atoms with Crippen molar-refractivity contribution in [3.05, 3.63) is 46.1 Å². The molecule has 1 aliphatic heterocycles. The van der Waals surface area contributed by atoms with E-state index in [1.165, 1.54) is 12.1 Å². The second kappa shape index (κ2) is 5.69. The molecule has 4 rings (SSSR count). The Kier molecular flexibility index (Phi) is 3.76. The number of allylic oxidation sites excluding steroid dienone is 1. The molecule has 1 aromatic heterocycles. The van der Waals surface area contributed by atoms with Crippen LogP contribution in [0.2, 0.25) is 0 Å². The topological polar surface area (TPSA) is 100 Å². The van der Waals surface area contributed by atoms with Crippen molar-refractivity contribution in [3.8, 4) is 23.0 Å². The SMILES string of the molecule is C=CC(C)(C)c1c2c(c3oc4c(O)c(O)ccc4c(=O)c3c1O)C(C)(C)[C@H](C)O2. The van der Waals surface area contributed by atoms with Crippen LogP contribution in [0.15, 0.2) is 34.0 Å². The molecule has 0 bridgehead atoms. The number of fused-ring (bicyclic) bond motifs is 4. The van der Waals surface area contributed by atoms with Crippen LogP contribution < -0.4 is 10.2 Å². The first kappa shape index (κ1) is 19.2. The second-order valence-electron chi connectivity index (χ2n) is 8.78. The van der Waals surface area contributed by atoms with Gasteiger partial charge in [-0.1, -0.05) is 33.8 Å². The molecule has 6 nitrogen and oxygen atoms in total. The first-order valence-corrected chi connectivity index (χ1v) is 9.45. The molecule has 0 unspecified atom stereocenters. The Hall–Kier alpha value is -3.15. The number of aromatic hydroxyl groups is 3. The van der Waals surface area contributed by atoms with E-state index in [1.807, 2.05) is 34.6 Å². The smallest absolute Gasteiger partial charge is 0.204 e. The fraction of sp³-hybridized carbons (Fsp3) is 0.348. The van der Waals surface area contributed by atoms with Crippen LogP contribution in [0.1, 0.15) is 45.7 Å². The van der Waals surface area contributed by atoms with Crippen LogP contribution in [0, 0.1) is 0 Å². The van der Waals surface area contributed by atoms with Gasteiger partial charge in [0.25, 0.3) is 0 Å². The van der Waals surface area contributed by atoms with Crippen LogP contribution in [-0.2, 0) is 10.8 Å². The van der Waals surface area contributed by atoms with Gasteiger partial charge in [-0.25, -0.2) is 0 Å². The number of rotatable bonds is 2. The van der Waals surface area contributed by atoms with Gasteiger partial charge in [-0.3, -0.25) is 4.79 Å². The number of hydrogen-bond donors (Lipinski definition) is 3. The van der Waals surface area contributed by atoms with Crippen molar-refractivity contribution in [2.45, 2.75) is 51.6 Å². The van der Waals surface area contributed by atoms with E-state index in [0.717, 1.165) is 0 Å². The summed E-state index contributed by atoms with van der Waals surface area (Å²) in [5.74, 6) is -0.680. The predicted octanol–water partition coefficient (Wildman–Crippen LogP) is 4.59. The van der Waals surface area contributed by atoms with Gasteiger partial charge in [0, 0.05) is 22.0 Å². The fourth-order valence-corrected chi connectivity index (χ4v) is 4.02. The van der Waals surface area contributed by atoms with Crippen molar-refractivity contribution < 1.29 is 24.5 Å². The van der Waals surface area contributed by atoms with E-state index in [1.54, 1.807) is 6.08 Å². The lowest BCUT2D eigenvalue weighted by atomic mass is 9.76. The lowest BCUT2D eigenvalue weighted by Gasteiger charge is -2.26. The molecular weight excluding hydrogens is 372 g/mol. The lowest BCUT2D eigenvalue weighted by molar-refractivity contribution is 0.183. The molecule has 0 fully saturated rings. The van der Waals surface area contributed by atoms with E-state index in [4.69, 9.17) is 9.15 Å². The molecule has 0 radical (unpaired) electrons. The molecule has 29 heavy (non-hydrogen) atoms. The molecule has 1 aliphatic rings. The normalized spacial score (nSPS) is 18.0. The molecule has 0 aliphatic carbocycles. The Bertz CT molecular complexity index is 1260. The number of benzene rings is 2. The average molecular weight is 396 g/mol.